The second-order valence-electron chi connectivity index (χ2n) is 15.8. The summed E-state index contributed by atoms with van der Waals surface area (Å²) >= 11 is 0. The van der Waals surface area contributed by atoms with Crippen LogP contribution in [0.15, 0.2) is 23.8 Å². The van der Waals surface area contributed by atoms with Gasteiger partial charge in [-0.3, -0.25) is 10.5 Å². The third kappa shape index (κ3) is 3.58. The molecule has 12 atom stereocenters. The van der Waals surface area contributed by atoms with Crippen LogP contribution in [0.2, 0.25) is 0 Å². The number of rotatable bonds is 4. The number of alkyl halides is 1. The summed E-state index contributed by atoms with van der Waals surface area (Å²) in [6, 6.07) is 0. The number of aliphatic hydroxyl groups is 1. The molecular formula is C34H48FNO7. The highest BCUT2D eigenvalue weighted by Gasteiger charge is 2.78. The van der Waals surface area contributed by atoms with Crippen molar-refractivity contribution in [2.24, 2.45) is 57.0 Å². The summed E-state index contributed by atoms with van der Waals surface area (Å²) in [5.74, 6) is -2.33. The minimum Gasteiger partial charge on any atom is -0.447 e. The Hall–Kier alpha value is -2.26. The fourth-order valence-electron chi connectivity index (χ4n) is 11.4. The Morgan fingerprint density at radius 3 is 2.37 bits per heavy atom. The van der Waals surface area contributed by atoms with Gasteiger partial charge in [-0.25, -0.2) is 14.0 Å². The van der Waals surface area contributed by atoms with E-state index in [4.69, 9.17) is 19.9 Å². The van der Waals surface area contributed by atoms with E-state index in [9.17, 15) is 19.5 Å². The van der Waals surface area contributed by atoms with Crippen LogP contribution in [0.1, 0.15) is 87.0 Å². The molecule has 2 bridgehead atoms. The lowest BCUT2D eigenvalue weighted by molar-refractivity contribution is -0.234. The molecule has 0 aromatic rings. The zero-order valence-corrected chi connectivity index (χ0v) is 26.6. The summed E-state index contributed by atoms with van der Waals surface area (Å²) in [6.45, 7) is 13.6. The number of ketones is 1. The van der Waals surface area contributed by atoms with Gasteiger partial charge in [0.15, 0.2) is 11.5 Å². The van der Waals surface area contributed by atoms with E-state index in [-0.39, 0.29) is 35.1 Å². The molecule has 0 aromatic heterocycles. The van der Waals surface area contributed by atoms with Crippen LogP contribution in [0.25, 0.3) is 0 Å². The van der Waals surface area contributed by atoms with Crippen molar-refractivity contribution in [1.29, 1.82) is 0 Å². The van der Waals surface area contributed by atoms with Gasteiger partial charge in [0.25, 0.3) is 0 Å². The van der Waals surface area contributed by atoms with Crippen molar-refractivity contribution in [3.63, 3.8) is 0 Å². The highest BCUT2D eigenvalue weighted by atomic mass is 19.1. The lowest BCUT2D eigenvalue weighted by atomic mass is 9.43. The molecular weight excluding hydrogens is 553 g/mol. The van der Waals surface area contributed by atoms with Crippen LogP contribution < -0.4 is 5.73 Å². The van der Waals surface area contributed by atoms with E-state index < -0.39 is 64.8 Å². The molecule has 5 saturated carbocycles. The highest BCUT2D eigenvalue weighted by Crippen LogP contribution is 2.72. The number of carbonyl (C=O) groups excluding carboxylic acids is 3. The van der Waals surface area contributed by atoms with E-state index >= 15 is 4.39 Å². The summed E-state index contributed by atoms with van der Waals surface area (Å²) in [7, 11) is 0. The van der Waals surface area contributed by atoms with Crippen LogP contribution in [-0.2, 0) is 23.8 Å². The zero-order valence-electron chi connectivity index (χ0n) is 26.6. The molecule has 6 rings (SSSR count). The molecule has 238 valence electrons. The molecule has 0 aliphatic heterocycles. The lowest BCUT2D eigenvalue weighted by Gasteiger charge is -2.63. The van der Waals surface area contributed by atoms with Gasteiger partial charge >= 0.3 is 12.1 Å². The van der Waals surface area contributed by atoms with Gasteiger partial charge in [-0.05, 0) is 80.8 Å². The van der Waals surface area contributed by atoms with Crippen molar-refractivity contribution in [3.05, 3.63) is 23.8 Å². The Morgan fingerprint density at radius 1 is 1.07 bits per heavy atom. The Kier molecular flexibility index (Phi) is 6.71. The molecule has 6 aliphatic carbocycles. The standard InChI is InChI=1S/C34H48FNO7/c1-18-12-24-23-13-19(2)34(27(39)41-17-36,43-28(40)42-26-14-20-8-10-31(26,6)29(20,3)4)32(23,7)16-25(38)33(24,35)30(5)11-9-21(37)15-22(18)30/h9,11,15,18-20,23-26,38H,8,10,12-14,16-17,36H2,1-7H3/t18-,19+,20+,23-,24-,25-,26-,30-,31-,32-,33-,34?/m0/s1. The van der Waals surface area contributed by atoms with Crippen LogP contribution in [0, 0.1) is 51.2 Å². The van der Waals surface area contributed by atoms with E-state index in [0.29, 0.717) is 24.3 Å². The van der Waals surface area contributed by atoms with Gasteiger partial charge in [0.1, 0.15) is 12.8 Å². The molecule has 0 aromatic carbocycles. The summed E-state index contributed by atoms with van der Waals surface area (Å²) in [5, 5.41) is 11.8. The second-order valence-corrected chi connectivity index (χ2v) is 15.8. The molecule has 0 amide bonds. The number of hydrogen-bond donors (Lipinski definition) is 2. The molecule has 0 spiro atoms. The third-order valence-electron chi connectivity index (χ3n) is 14.2. The number of allylic oxidation sites excluding steroid dienone is 4. The second kappa shape index (κ2) is 9.38. The van der Waals surface area contributed by atoms with Gasteiger partial charge in [-0.15, -0.1) is 0 Å². The fraction of sp³-hybridized carbons (Fsp3) is 0.794. The number of hydrogen-bond acceptors (Lipinski definition) is 8. The van der Waals surface area contributed by atoms with Gasteiger partial charge in [0, 0.05) is 28.1 Å². The third-order valence-corrected chi connectivity index (χ3v) is 14.2. The molecule has 6 aliphatic rings. The van der Waals surface area contributed by atoms with Gasteiger partial charge in [-0.2, -0.15) is 0 Å². The maximum absolute atomic E-state index is 17.8. The van der Waals surface area contributed by atoms with E-state index in [1.54, 1.807) is 13.0 Å². The monoisotopic (exact) mass is 601 g/mol. The van der Waals surface area contributed by atoms with Gasteiger partial charge < -0.3 is 19.3 Å². The van der Waals surface area contributed by atoms with Crippen molar-refractivity contribution in [3.8, 4) is 0 Å². The van der Waals surface area contributed by atoms with Crippen molar-refractivity contribution in [2.75, 3.05) is 6.73 Å². The first-order valence-corrected chi connectivity index (χ1v) is 16.0. The fourth-order valence-corrected chi connectivity index (χ4v) is 11.4. The van der Waals surface area contributed by atoms with E-state index in [1.165, 1.54) is 12.2 Å². The minimum atomic E-state index is -2.09. The zero-order chi connectivity index (χ0) is 31.5. The van der Waals surface area contributed by atoms with Gasteiger partial charge in [0.05, 0.1) is 6.10 Å². The molecule has 3 N–H and O–H groups in total. The Balaban J connectivity index is 1.37. The molecule has 5 fully saturated rings. The number of esters is 1. The summed E-state index contributed by atoms with van der Waals surface area (Å²) in [5.41, 5.74) is -0.135. The van der Waals surface area contributed by atoms with Crippen molar-refractivity contribution >= 4 is 17.9 Å². The summed E-state index contributed by atoms with van der Waals surface area (Å²) in [6.07, 6.45) is 5.11. The van der Waals surface area contributed by atoms with E-state index in [1.807, 2.05) is 20.8 Å². The molecule has 1 unspecified atom stereocenters. The molecule has 43 heavy (non-hydrogen) atoms. The number of fused-ring (bicyclic) bond motifs is 7. The molecule has 0 radical (unpaired) electrons. The summed E-state index contributed by atoms with van der Waals surface area (Å²) in [4.78, 5) is 40.0. The number of nitrogens with two attached hydrogens (primary N) is 1. The number of halogens is 1. The van der Waals surface area contributed by atoms with E-state index in [0.717, 1.165) is 19.3 Å². The molecule has 0 heterocycles. The lowest BCUT2D eigenvalue weighted by Crippen LogP contribution is -2.70. The SMILES string of the molecule is C[C@@H]1C[C@H]2[C@@H]3C[C@H](C)C4=CC(=O)C=C[C@]4(C)[C@@]3(F)[C@@H](O)C[C@]2(C)C1(OC(=O)O[C@H]1C[C@H]2CC[C@]1(C)C2(C)C)C(=O)OCN. The van der Waals surface area contributed by atoms with E-state index in [2.05, 4.69) is 20.8 Å². The van der Waals surface area contributed by atoms with Crippen LogP contribution in [-0.4, -0.2) is 53.2 Å². The molecule has 0 saturated heterocycles. The normalized spacial score (nSPS) is 50.8. The predicted molar refractivity (Wildman–Crippen MR) is 156 cm³/mol. The minimum absolute atomic E-state index is 0.00301. The Morgan fingerprint density at radius 2 is 1.77 bits per heavy atom. The first-order valence-electron chi connectivity index (χ1n) is 16.0. The number of carbonyl (C=O) groups is 3. The Bertz CT molecular complexity index is 1310. The van der Waals surface area contributed by atoms with Crippen molar-refractivity contribution in [1.82, 2.24) is 0 Å². The maximum Gasteiger partial charge on any atom is 0.509 e. The quantitative estimate of drug-likeness (QED) is 0.324. The topological polar surface area (TPSA) is 125 Å². The molecule has 8 nitrogen and oxygen atoms in total. The van der Waals surface area contributed by atoms with Crippen LogP contribution in [0.4, 0.5) is 9.18 Å². The maximum atomic E-state index is 17.8. The smallest absolute Gasteiger partial charge is 0.447 e. The van der Waals surface area contributed by atoms with Crippen LogP contribution >= 0.6 is 0 Å². The number of ether oxygens (including phenoxy) is 3. The van der Waals surface area contributed by atoms with Crippen LogP contribution in [0.5, 0.6) is 0 Å². The first kappa shape index (κ1) is 30.8. The average Bonchev–Trinajstić information content (AvgIpc) is 3.36. The predicted octanol–water partition coefficient (Wildman–Crippen LogP) is 5.42. The summed E-state index contributed by atoms with van der Waals surface area (Å²) < 4.78 is 35.4. The Labute approximate surface area is 253 Å². The highest BCUT2D eigenvalue weighted by molar-refractivity contribution is 6.01. The molecule has 9 heteroatoms. The first-order chi connectivity index (χ1) is 19.9. The van der Waals surface area contributed by atoms with Gasteiger partial charge in [-0.1, -0.05) is 53.2 Å². The van der Waals surface area contributed by atoms with Crippen LogP contribution in [0.3, 0.4) is 0 Å². The van der Waals surface area contributed by atoms with Crippen molar-refractivity contribution in [2.45, 2.75) is 110 Å². The largest absolute Gasteiger partial charge is 0.509 e. The average molecular weight is 602 g/mol. The van der Waals surface area contributed by atoms with Gasteiger partial charge in [0.2, 0.25) is 5.60 Å². The number of aliphatic hydroxyl groups excluding tert-OH is 1. The van der Waals surface area contributed by atoms with Crippen molar-refractivity contribution < 1.29 is 38.1 Å².